The maximum atomic E-state index is 10.5. The van der Waals surface area contributed by atoms with Crippen molar-refractivity contribution in [2.45, 2.75) is 24.5 Å². The van der Waals surface area contributed by atoms with Crippen molar-refractivity contribution in [3.63, 3.8) is 0 Å². The van der Waals surface area contributed by atoms with Gasteiger partial charge in [-0.25, -0.2) is 4.21 Å². The second kappa shape index (κ2) is 7.35. The average molecular weight is 219 g/mol. The zero-order valence-corrected chi connectivity index (χ0v) is 8.46. The summed E-state index contributed by atoms with van der Waals surface area (Å²) >= 11 is 9.11. The van der Waals surface area contributed by atoms with E-state index in [1.54, 1.807) is 0 Å². The van der Waals surface area contributed by atoms with Crippen LogP contribution in [0.2, 0.25) is 0 Å². The van der Waals surface area contributed by atoms with Crippen LogP contribution in [0.15, 0.2) is 0 Å². The second-order valence-corrected chi connectivity index (χ2v) is 4.14. The summed E-state index contributed by atoms with van der Waals surface area (Å²) in [6.45, 7) is 0. The third-order valence-electron chi connectivity index (χ3n) is 1.37. The van der Waals surface area contributed by atoms with Crippen molar-refractivity contribution in [3.8, 4) is 0 Å². The predicted molar refractivity (Wildman–Crippen MR) is 49.9 cm³/mol. The van der Waals surface area contributed by atoms with Gasteiger partial charge in [0, 0.05) is 11.8 Å². The first kappa shape index (κ1) is 11.7. The SMILES string of the molecule is O=S(O)C(CCl)CCCCCl. The fourth-order valence-electron chi connectivity index (χ4n) is 0.698. The number of halogens is 2. The molecule has 0 heterocycles. The van der Waals surface area contributed by atoms with Crippen LogP contribution in [0.25, 0.3) is 0 Å². The van der Waals surface area contributed by atoms with Gasteiger partial charge in [-0.3, -0.25) is 0 Å². The first-order valence-corrected chi connectivity index (χ1v) is 5.67. The molecular formula is C6H12Cl2O2S. The van der Waals surface area contributed by atoms with Gasteiger partial charge in [-0.2, -0.15) is 0 Å². The smallest absolute Gasteiger partial charge is 0.157 e. The van der Waals surface area contributed by atoms with Gasteiger partial charge in [-0.1, -0.05) is 6.42 Å². The molecule has 0 aliphatic carbocycles. The molecule has 1 N–H and O–H groups in total. The third kappa shape index (κ3) is 5.91. The molecule has 0 rings (SSSR count). The minimum absolute atomic E-state index is 0.241. The van der Waals surface area contributed by atoms with Gasteiger partial charge >= 0.3 is 0 Å². The van der Waals surface area contributed by atoms with Crippen LogP contribution in [-0.2, 0) is 11.1 Å². The van der Waals surface area contributed by atoms with E-state index in [2.05, 4.69) is 0 Å². The molecule has 0 aliphatic heterocycles. The summed E-state index contributed by atoms with van der Waals surface area (Å²) in [6, 6.07) is 0. The van der Waals surface area contributed by atoms with Crippen LogP contribution in [0.5, 0.6) is 0 Å². The lowest BCUT2D eigenvalue weighted by atomic mass is 10.2. The first-order valence-electron chi connectivity index (χ1n) is 3.44. The Morgan fingerprint density at radius 2 is 2.00 bits per heavy atom. The molecule has 0 aromatic carbocycles. The Morgan fingerprint density at radius 3 is 2.36 bits per heavy atom. The molecule has 0 spiro atoms. The lowest BCUT2D eigenvalue weighted by molar-refractivity contribution is 0.542. The fraction of sp³-hybridized carbons (Fsp3) is 1.00. The number of hydrogen-bond donors (Lipinski definition) is 1. The quantitative estimate of drug-likeness (QED) is 0.422. The minimum Gasteiger partial charge on any atom is -0.306 e. The second-order valence-electron chi connectivity index (χ2n) is 2.24. The Balaban J connectivity index is 3.44. The van der Waals surface area contributed by atoms with Gasteiger partial charge in [0.05, 0.1) is 5.25 Å². The van der Waals surface area contributed by atoms with Gasteiger partial charge in [0.25, 0.3) is 0 Å². The van der Waals surface area contributed by atoms with Gasteiger partial charge in [-0.15, -0.1) is 23.2 Å². The molecule has 0 aromatic rings. The largest absolute Gasteiger partial charge is 0.306 e. The predicted octanol–water partition coefficient (Wildman–Crippen LogP) is 2.22. The summed E-state index contributed by atoms with van der Waals surface area (Å²) in [4.78, 5) is 0. The van der Waals surface area contributed by atoms with Gasteiger partial charge in [-0.05, 0) is 12.8 Å². The maximum Gasteiger partial charge on any atom is 0.157 e. The van der Waals surface area contributed by atoms with Crippen LogP contribution in [0.4, 0.5) is 0 Å². The Kier molecular flexibility index (Phi) is 7.81. The van der Waals surface area contributed by atoms with Crippen molar-refractivity contribution >= 4 is 34.3 Å². The van der Waals surface area contributed by atoms with Gasteiger partial charge in [0.2, 0.25) is 0 Å². The molecule has 68 valence electrons. The molecule has 0 aromatic heterocycles. The van der Waals surface area contributed by atoms with Crippen molar-refractivity contribution in [2.24, 2.45) is 0 Å². The van der Waals surface area contributed by atoms with Crippen molar-refractivity contribution in [1.82, 2.24) is 0 Å². The monoisotopic (exact) mass is 218 g/mol. The first-order chi connectivity index (χ1) is 5.22. The number of unbranched alkanes of at least 4 members (excludes halogenated alkanes) is 1. The van der Waals surface area contributed by atoms with Crippen molar-refractivity contribution < 1.29 is 8.76 Å². The third-order valence-corrected chi connectivity index (χ3v) is 3.16. The molecule has 0 saturated carbocycles. The van der Waals surface area contributed by atoms with Crippen molar-refractivity contribution in [1.29, 1.82) is 0 Å². The van der Waals surface area contributed by atoms with E-state index in [1.165, 1.54) is 0 Å². The highest BCUT2D eigenvalue weighted by Gasteiger charge is 2.12. The molecule has 2 nitrogen and oxygen atoms in total. The van der Waals surface area contributed by atoms with Gasteiger partial charge in [0.15, 0.2) is 11.1 Å². The van der Waals surface area contributed by atoms with Crippen LogP contribution in [0.3, 0.4) is 0 Å². The van der Waals surface area contributed by atoms with E-state index in [0.29, 0.717) is 12.3 Å². The highest BCUT2D eigenvalue weighted by molar-refractivity contribution is 7.80. The van der Waals surface area contributed by atoms with Crippen LogP contribution in [0.1, 0.15) is 19.3 Å². The summed E-state index contributed by atoms with van der Waals surface area (Å²) in [5.41, 5.74) is 0. The maximum absolute atomic E-state index is 10.5. The molecule has 2 unspecified atom stereocenters. The summed E-state index contributed by atoms with van der Waals surface area (Å²) in [5, 5.41) is -0.292. The van der Waals surface area contributed by atoms with Gasteiger partial charge in [0.1, 0.15) is 0 Å². The van der Waals surface area contributed by atoms with E-state index in [-0.39, 0.29) is 11.1 Å². The zero-order chi connectivity index (χ0) is 8.69. The fourth-order valence-corrected chi connectivity index (χ4v) is 1.84. The Labute approximate surface area is 79.5 Å². The van der Waals surface area contributed by atoms with Crippen LogP contribution >= 0.6 is 23.2 Å². The Morgan fingerprint density at radius 1 is 1.36 bits per heavy atom. The molecule has 0 saturated heterocycles. The summed E-state index contributed by atoms with van der Waals surface area (Å²) in [5.74, 6) is 0.846. The van der Waals surface area contributed by atoms with E-state index < -0.39 is 11.1 Å². The molecule has 0 bridgehead atoms. The highest BCUT2D eigenvalue weighted by Crippen LogP contribution is 2.08. The molecule has 0 aliphatic rings. The summed E-state index contributed by atoms with van der Waals surface area (Å²) in [7, 11) is 0. The summed E-state index contributed by atoms with van der Waals surface area (Å²) in [6.07, 6.45) is 2.43. The van der Waals surface area contributed by atoms with E-state index >= 15 is 0 Å². The molecular weight excluding hydrogens is 207 g/mol. The van der Waals surface area contributed by atoms with E-state index in [0.717, 1.165) is 12.8 Å². The normalized spacial score (nSPS) is 16.3. The number of rotatable bonds is 6. The van der Waals surface area contributed by atoms with E-state index in [1.807, 2.05) is 0 Å². The summed E-state index contributed by atoms with van der Waals surface area (Å²) < 4.78 is 19.2. The van der Waals surface area contributed by atoms with Crippen molar-refractivity contribution in [3.05, 3.63) is 0 Å². The van der Waals surface area contributed by atoms with Gasteiger partial charge < -0.3 is 4.55 Å². The molecule has 2 atom stereocenters. The Bertz CT molecular complexity index is 121. The molecule has 0 radical (unpaired) electrons. The minimum atomic E-state index is -1.78. The van der Waals surface area contributed by atoms with Crippen LogP contribution in [0, 0.1) is 0 Å². The number of alkyl halides is 2. The van der Waals surface area contributed by atoms with E-state index in [9.17, 15) is 4.21 Å². The number of hydrogen-bond acceptors (Lipinski definition) is 1. The highest BCUT2D eigenvalue weighted by atomic mass is 35.5. The van der Waals surface area contributed by atoms with Crippen molar-refractivity contribution in [2.75, 3.05) is 11.8 Å². The van der Waals surface area contributed by atoms with Crippen LogP contribution in [-0.4, -0.2) is 25.8 Å². The molecule has 0 amide bonds. The lowest BCUT2D eigenvalue weighted by Gasteiger charge is -2.07. The molecule has 0 fully saturated rings. The topological polar surface area (TPSA) is 37.3 Å². The molecule has 5 heteroatoms. The van der Waals surface area contributed by atoms with Crippen LogP contribution < -0.4 is 0 Å². The zero-order valence-electron chi connectivity index (χ0n) is 6.13. The molecule has 11 heavy (non-hydrogen) atoms. The Hall–Kier alpha value is 0.690. The lowest BCUT2D eigenvalue weighted by Crippen LogP contribution is -2.16. The standard InChI is InChI=1S/C6H12Cl2O2S/c7-4-2-1-3-6(5-8)11(9)10/h6H,1-5H2,(H,9,10). The van der Waals surface area contributed by atoms with E-state index in [4.69, 9.17) is 27.8 Å². The average Bonchev–Trinajstić information content (AvgIpc) is 1.97.